The molecule has 1 heterocycles. The molecule has 4 rings (SSSR count). The second-order valence-corrected chi connectivity index (χ2v) is 10.9. The average molecular weight is 548 g/mol. The van der Waals surface area contributed by atoms with Crippen LogP contribution < -0.4 is 20.3 Å². The summed E-state index contributed by atoms with van der Waals surface area (Å²) in [7, 11) is -8.11. The first-order valence-corrected chi connectivity index (χ1v) is 13.6. The van der Waals surface area contributed by atoms with Crippen LogP contribution in [0.2, 0.25) is 0 Å². The number of hydrogen-bond donors (Lipinski definition) is 3. The Morgan fingerprint density at radius 1 is 0.889 bits per heavy atom. The van der Waals surface area contributed by atoms with Crippen molar-refractivity contribution < 1.29 is 21.6 Å². The Bertz CT molecular complexity index is 1490. The van der Waals surface area contributed by atoms with Crippen molar-refractivity contribution >= 4 is 91.3 Å². The second kappa shape index (κ2) is 12.7. The number of nitrogens with one attached hydrogen (secondary N) is 1. The molecule has 3 aromatic rings. The Labute approximate surface area is 256 Å². The van der Waals surface area contributed by atoms with Crippen LogP contribution >= 0.6 is 0 Å². The Hall–Kier alpha value is -1.02. The van der Waals surface area contributed by atoms with Crippen molar-refractivity contribution in [1.82, 2.24) is 5.32 Å². The average Bonchev–Trinajstić information content (AvgIpc) is 3.21. The second-order valence-electron chi connectivity index (χ2n) is 7.87. The fourth-order valence-corrected chi connectivity index (χ4v) is 5.56. The standard InChI is InChI=1S/C24H25N3O5S2.2Na.2H/c1-2-32-20-12-11-17(23(14-20)34(26,30)31)8-7-16-9-10-18(13-22(16)33(25,28)29)24-21-6-4-3-5-19(21)15-27-24;;;;/h3-14,24,27H,2,15H2,1H3,(H2,25,28,29)(H2,26,30,31);;;;/b8-7+;;;;. The van der Waals surface area contributed by atoms with Crippen LogP contribution in [0.25, 0.3) is 12.2 Å². The van der Waals surface area contributed by atoms with Crippen LogP contribution in [0, 0.1) is 0 Å². The van der Waals surface area contributed by atoms with Gasteiger partial charge in [-0.1, -0.05) is 48.6 Å². The molecule has 0 aliphatic carbocycles. The number of primary sulfonamides is 2. The van der Waals surface area contributed by atoms with Gasteiger partial charge in [0, 0.05) is 12.6 Å². The van der Waals surface area contributed by atoms with Gasteiger partial charge in [-0.3, -0.25) is 0 Å². The summed E-state index contributed by atoms with van der Waals surface area (Å²) < 4.78 is 54.4. The molecule has 0 radical (unpaired) electrons. The molecule has 1 atom stereocenters. The van der Waals surface area contributed by atoms with Gasteiger partial charge in [0.2, 0.25) is 20.0 Å². The fraction of sp³-hybridized carbons (Fsp3) is 0.167. The molecule has 0 aromatic heterocycles. The summed E-state index contributed by atoms with van der Waals surface area (Å²) in [4.78, 5) is -0.189. The molecule has 1 aliphatic rings. The first kappa shape index (κ1) is 31.2. The third kappa shape index (κ3) is 7.09. The van der Waals surface area contributed by atoms with E-state index in [0.717, 1.165) is 16.7 Å². The summed E-state index contributed by atoms with van der Waals surface area (Å²) in [6.45, 7) is 2.83. The summed E-state index contributed by atoms with van der Waals surface area (Å²) in [5.74, 6) is 0.364. The van der Waals surface area contributed by atoms with Crippen molar-refractivity contribution in [3.05, 3.63) is 88.5 Å². The molecule has 0 spiro atoms. The van der Waals surface area contributed by atoms with Gasteiger partial charge in [0.05, 0.1) is 22.4 Å². The number of ether oxygens (including phenoxy) is 1. The number of benzene rings is 3. The Kier molecular flexibility index (Phi) is 11.0. The molecule has 0 bridgehead atoms. The fourth-order valence-electron chi connectivity index (χ4n) is 4.05. The minimum atomic E-state index is -4.06. The molecule has 0 saturated heterocycles. The van der Waals surface area contributed by atoms with Crippen LogP contribution in [-0.2, 0) is 26.6 Å². The van der Waals surface area contributed by atoms with Crippen LogP contribution in [0.4, 0.5) is 0 Å². The molecule has 1 unspecified atom stereocenters. The SMILES string of the molecule is CCOc1ccc(/C=C/c2ccc(C3NCc4ccccc43)cc2S(N)(=O)=O)c(S(N)(=O)=O)c1.[NaH].[NaH]. The minimum absolute atomic E-state index is 0. The van der Waals surface area contributed by atoms with E-state index < -0.39 is 20.0 Å². The molecule has 182 valence electrons. The van der Waals surface area contributed by atoms with E-state index >= 15 is 0 Å². The van der Waals surface area contributed by atoms with E-state index in [0.29, 0.717) is 30.0 Å². The summed E-state index contributed by atoms with van der Waals surface area (Å²) in [6, 6.07) is 17.3. The molecule has 36 heavy (non-hydrogen) atoms. The Morgan fingerprint density at radius 3 is 2.08 bits per heavy atom. The van der Waals surface area contributed by atoms with Gasteiger partial charge in [0.25, 0.3) is 0 Å². The third-order valence-electron chi connectivity index (χ3n) is 5.59. The zero-order valence-electron chi connectivity index (χ0n) is 18.4. The van der Waals surface area contributed by atoms with Crippen molar-refractivity contribution in [3.8, 4) is 5.75 Å². The van der Waals surface area contributed by atoms with Gasteiger partial charge >= 0.3 is 59.1 Å². The Morgan fingerprint density at radius 2 is 1.47 bits per heavy atom. The van der Waals surface area contributed by atoms with E-state index in [9.17, 15) is 16.8 Å². The van der Waals surface area contributed by atoms with Gasteiger partial charge in [-0.05, 0) is 52.9 Å². The number of rotatable bonds is 7. The number of nitrogens with two attached hydrogens (primary N) is 2. The van der Waals surface area contributed by atoms with Crippen LogP contribution in [0.15, 0.2) is 70.5 Å². The monoisotopic (exact) mass is 547 g/mol. The molecule has 0 amide bonds. The van der Waals surface area contributed by atoms with Crippen LogP contribution in [-0.4, -0.2) is 82.6 Å². The summed E-state index contributed by atoms with van der Waals surface area (Å²) in [5, 5.41) is 14.3. The number of fused-ring (bicyclic) bond motifs is 1. The first-order valence-electron chi connectivity index (χ1n) is 10.5. The summed E-state index contributed by atoms with van der Waals surface area (Å²) in [5.41, 5.74) is 3.61. The maximum absolute atomic E-state index is 12.4. The van der Waals surface area contributed by atoms with E-state index in [4.69, 9.17) is 15.0 Å². The predicted octanol–water partition coefficient (Wildman–Crippen LogP) is 1.45. The van der Waals surface area contributed by atoms with Crippen molar-refractivity contribution in [2.24, 2.45) is 10.3 Å². The Balaban J connectivity index is 0.00000228. The van der Waals surface area contributed by atoms with Crippen molar-refractivity contribution in [1.29, 1.82) is 0 Å². The van der Waals surface area contributed by atoms with E-state index in [-0.39, 0.29) is 74.9 Å². The van der Waals surface area contributed by atoms with Crippen molar-refractivity contribution in [2.75, 3.05) is 6.61 Å². The van der Waals surface area contributed by atoms with Crippen LogP contribution in [0.3, 0.4) is 0 Å². The first-order chi connectivity index (χ1) is 16.1. The van der Waals surface area contributed by atoms with E-state index in [1.807, 2.05) is 30.3 Å². The van der Waals surface area contributed by atoms with Crippen molar-refractivity contribution in [2.45, 2.75) is 29.3 Å². The summed E-state index contributed by atoms with van der Waals surface area (Å²) >= 11 is 0. The molecule has 8 nitrogen and oxygen atoms in total. The molecule has 12 heteroatoms. The van der Waals surface area contributed by atoms with E-state index in [2.05, 4.69) is 5.32 Å². The number of sulfonamides is 2. The molecule has 1 aliphatic heterocycles. The zero-order chi connectivity index (χ0) is 24.5. The van der Waals surface area contributed by atoms with Gasteiger partial charge in [-0.25, -0.2) is 27.1 Å². The van der Waals surface area contributed by atoms with Gasteiger partial charge in [0.1, 0.15) is 5.75 Å². The molecule has 3 aromatic carbocycles. The van der Waals surface area contributed by atoms with Crippen molar-refractivity contribution in [3.63, 3.8) is 0 Å². The topological polar surface area (TPSA) is 142 Å². The van der Waals surface area contributed by atoms with Gasteiger partial charge in [-0.15, -0.1) is 0 Å². The van der Waals surface area contributed by atoms with Crippen LogP contribution in [0.5, 0.6) is 5.75 Å². The predicted molar refractivity (Wildman–Crippen MR) is 145 cm³/mol. The molecule has 0 saturated carbocycles. The van der Waals surface area contributed by atoms with E-state index in [1.165, 1.54) is 18.2 Å². The van der Waals surface area contributed by atoms with Gasteiger partial charge in [-0.2, -0.15) is 0 Å². The zero-order valence-corrected chi connectivity index (χ0v) is 20.1. The van der Waals surface area contributed by atoms with E-state index in [1.54, 1.807) is 31.2 Å². The third-order valence-corrected chi connectivity index (χ3v) is 7.52. The quantitative estimate of drug-likeness (QED) is 0.302. The number of hydrogen-bond acceptors (Lipinski definition) is 6. The van der Waals surface area contributed by atoms with Crippen LogP contribution in [0.1, 0.15) is 40.8 Å². The summed E-state index contributed by atoms with van der Waals surface area (Å²) in [6.07, 6.45) is 2.99. The molecule has 0 fully saturated rings. The molecule has 5 N–H and O–H groups in total. The molecular weight excluding hydrogens is 520 g/mol. The normalized spacial score (nSPS) is 15.1. The molecular formula is C24H27N3Na2O5S2. The van der Waals surface area contributed by atoms with Gasteiger partial charge < -0.3 is 10.1 Å². The maximum atomic E-state index is 12.4. The van der Waals surface area contributed by atoms with Gasteiger partial charge in [0.15, 0.2) is 0 Å².